The van der Waals surface area contributed by atoms with Gasteiger partial charge in [-0.1, -0.05) is 28.1 Å². The first-order chi connectivity index (χ1) is 7.65. The van der Waals surface area contributed by atoms with Crippen molar-refractivity contribution in [2.24, 2.45) is 0 Å². The van der Waals surface area contributed by atoms with Crippen LogP contribution in [0.1, 0.15) is 30.2 Å². The molecule has 0 fully saturated rings. The van der Waals surface area contributed by atoms with Crippen LogP contribution in [0.5, 0.6) is 0 Å². The van der Waals surface area contributed by atoms with Crippen LogP contribution in [0.25, 0.3) is 0 Å². The lowest BCUT2D eigenvalue weighted by Crippen LogP contribution is -1.88. The van der Waals surface area contributed by atoms with Gasteiger partial charge >= 0.3 is 0 Å². The van der Waals surface area contributed by atoms with E-state index in [1.54, 1.807) is 13.1 Å². The molecule has 1 aromatic carbocycles. The van der Waals surface area contributed by atoms with E-state index in [9.17, 15) is 5.11 Å². The van der Waals surface area contributed by atoms with Gasteiger partial charge in [0.05, 0.1) is 6.20 Å². The van der Waals surface area contributed by atoms with Gasteiger partial charge < -0.3 is 9.52 Å². The number of aromatic nitrogens is 1. The summed E-state index contributed by atoms with van der Waals surface area (Å²) in [7, 11) is 0. The fraction of sp³-hybridized carbons (Fsp3) is 0.250. The summed E-state index contributed by atoms with van der Waals surface area (Å²) in [5.74, 6) is 1.13. The van der Waals surface area contributed by atoms with E-state index in [1.807, 2.05) is 24.3 Å². The molecule has 3 nitrogen and oxygen atoms in total. The van der Waals surface area contributed by atoms with E-state index in [0.29, 0.717) is 18.1 Å². The molecule has 4 heteroatoms. The average Bonchev–Trinajstić information content (AvgIpc) is 2.70. The van der Waals surface area contributed by atoms with E-state index in [2.05, 4.69) is 20.9 Å². The van der Waals surface area contributed by atoms with E-state index in [0.717, 1.165) is 10.0 Å². The molecule has 1 N–H and O–H groups in total. The van der Waals surface area contributed by atoms with Crippen LogP contribution in [0.15, 0.2) is 39.4 Å². The molecule has 16 heavy (non-hydrogen) atoms. The van der Waals surface area contributed by atoms with Crippen molar-refractivity contribution in [1.82, 2.24) is 4.98 Å². The second kappa shape index (κ2) is 4.80. The van der Waals surface area contributed by atoms with Crippen LogP contribution >= 0.6 is 15.9 Å². The summed E-state index contributed by atoms with van der Waals surface area (Å²) in [4.78, 5) is 4.12. The van der Waals surface area contributed by atoms with Gasteiger partial charge in [0.2, 0.25) is 0 Å². The second-order valence-electron chi connectivity index (χ2n) is 3.64. The molecule has 2 aromatic rings. The Balaban J connectivity index is 2.11. The standard InChI is InChI=1S/C12H12BrNO2/c1-8(15)11-7-14-12(16-11)6-9-2-4-10(13)5-3-9/h2-5,7-8,15H,6H2,1H3. The third-order valence-corrected chi connectivity index (χ3v) is 2.78. The Kier molecular flexibility index (Phi) is 3.41. The zero-order chi connectivity index (χ0) is 11.5. The highest BCUT2D eigenvalue weighted by atomic mass is 79.9. The van der Waals surface area contributed by atoms with E-state index in [4.69, 9.17) is 4.42 Å². The van der Waals surface area contributed by atoms with Crippen LogP contribution in [-0.2, 0) is 6.42 Å². The zero-order valence-electron chi connectivity index (χ0n) is 8.85. The maximum Gasteiger partial charge on any atom is 0.198 e. The maximum absolute atomic E-state index is 9.30. The Morgan fingerprint density at radius 1 is 1.38 bits per heavy atom. The van der Waals surface area contributed by atoms with Crippen LogP contribution in [0.2, 0.25) is 0 Å². The highest BCUT2D eigenvalue weighted by Crippen LogP contribution is 2.17. The first kappa shape index (κ1) is 11.4. The van der Waals surface area contributed by atoms with E-state index in [-0.39, 0.29) is 0 Å². The average molecular weight is 282 g/mol. The number of oxazole rings is 1. The summed E-state index contributed by atoms with van der Waals surface area (Å²) in [6.07, 6.45) is 1.60. The smallest absolute Gasteiger partial charge is 0.198 e. The fourth-order valence-electron chi connectivity index (χ4n) is 1.38. The Labute approximate surface area is 102 Å². The molecule has 0 aliphatic heterocycles. The number of aliphatic hydroxyl groups is 1. The summed E-state index contributed by atoms with van der Waals surface area (Å²) in [5.41, 5.74) is 1.13. The van der Waals surface area contributed by atoms with E-state index in [1.165, 1.54) is 0 Å². The first-order valence-electron chi connectivity index (χ1n) is 5.02. The molecule has 0 amide bonds. The predicted molar refractivity (Wildman–Crippen MR) is 64.1 cm³/mol. The van der Waals surface area contributed by atoms with Gasteiger partial charge in [-0.25, -0.2) is 4.98 Å². The van der Waals surface area contributed by atoms with E-state index < -0.39 is 6.10 Å². The number of hydrogen-bond donors (Lipinski definition) is 1. The lowest BCUT2D eigenvalue weighted by atomic mass is 10.1. The van der Waals surface area contributed by atoms with Crippen LogP contribution in [0.4, 0.5) is 0 Å². The van der Waals surface area contributed by atoms with Gasteiger partial charge in [-0.15, -0.1) is 0 Å². The molecular weight excluding hydrogens is 270 g/mol. The molecule has 0 saturated carbocycles. The molecule has 0 spiro atoms. The summed E-state index contributed by atoms with van der Waals surface area (Å²) in [6.45, 7) is 1.66. The molecular formula is C12H12BrNO2. The van der Waals surface area contributed by atoms with Gasteiger partial charge in [-0.2, -0.15) is 0 Å². The molecule has 0 saturated heterocycles. The van der Waals surface area contributed by atoms with Gasteiger partial charge in [-0.05, 0) is 24.6 Å². The summed E-state index contributed by atoms with van der Waals surface area (Å²) >= 11 is 3.38. The van der Waals surface area contributed by atoms with Crippen molar-refractivity contribution in [3.05, 3.63) is 52.1 Å². The molecule has 0 radical (unpaired) electrons. The first-order valence-corrected chi connectivity index (χ1v) is 5.81. The number of rotatable bonds is 3. The number of hydrogen-bond acceptors (Lipinski definition) is 3. The molecule has 1 heterocycles. The Morgan fingerprint density at radius 2 is 2.06 bits per heavy atom. The van der Waals surface area contributed by atoms with Crippen molar-refractivity contribution in [3.8, 4) is 0 Å². The largest absolute Gasteiger partial charge is 0.443 e. The summed E-state index contributed by atoms with van der Waals surface area (Å²) in [6, 6.07) is 7.98. The highest BCUT2D eigenvalue weighted by Gasteiger charge is 2.08. The predicted octanol–water partition coefficient (Wildman–Crippen LogP) is 3.08. The van der Waals surface area contributed by atoms with Crippen LogP contribution in [-0.4, -0.2) is 10.1 Å². The molecule has 1 aromatic heterocycles. The number of aliphatic hydroxyl groups excluding tert-OH is 1. The monoisotopic (exact) mass is 281 g/mol. The quantitative estimate of drug-likeness (QED) is 0.941. The van der Waals surface area contributed by atoms with Gasteiger partial charge in [0.25, 0.3) is 0 Å². The van der Waals surface area contributed by atoms with Crippen molar-refractivity contribution in [2.45, 2.75) is 19.4 Å². The molecule has 0 bridgehead atoms. The third kappa shape index (κ3) is 2.71. The topological polar surface area (TPSA) is 46.3 Å². The number of benzene rings is 1. The minimum Gasteiger partial charge on any atom is -0.443 e. The summed E-state index contributed by atoms with van der Waals surface area (Å²) in [5, 5.41) is 9.30. The van der Waals surface area contributed by atoms with Crippen LogP contribution in [0.3, 0.4) is 0 Å². The SMILES string of the molecule is CC(O)c1cnc(Cc2ccc(Br)cc2)o1. The molecule has 2 rings (SSSR count). The Morgan fingerprint density at radius 3 is 2.62 bits per heavy atom. The van der Waals surface area contributed by atoms with E-state index >= 15 is 0 Å². The third-order valence-electron chi connectivity index (χ3n) is 2.25. The molecule has 1 atom stereocenters. The van der Waals surface area contributed by atoms with Gasteiger partial charge in [-0.3, -0.25) is 0 Å². The lowest BCUT2D eigenvalue weighted by Gasteiger charge is -1.99. The van der Waals surface area contributed by atoms with Crippen LogP contribution in [0, 0.1) is 0 Å². The Bertz CT molecular complexity index is 462. The van der Waals surface area contributed by atoms with Crippen molar-refractivity contribution in [2.75, 3.05) is 0 Å². The highest BCUT2D eigenvalue weighted by molar-refractivity contribution is 9.10. The molecule has 84 valence electrons. The van der Waals surface area contributed by atoms with Gasteiger partial charge in [0.15, 0.2) is 11.7 Å². The van der Waals surface area contributed by atoms with Crippen LogP contribution < -0.4 is 0 Å². The van der Waals surface area contributed by atoms with Gasteiger partial charge in [0, 0.05) is 10.9 Å². The normalized spacial score (nSPS) is 12.7. The minimum atomic E-state index is -0.605. The molecule has 1 unspecified atom stereocenters. The number of halogens is 1. The minimum absolute atomic E-state index is 0.507. The maximum atomic E-state index is 9.30. The fourth-order valence-corrected chi connectivity index (χ4v) is 1.64. The molecule has 0 aliphatic carbocycles. The molecule has 0 aliphatic rings. The van der Waals surface area contributed by atoms with Gasteiger partial charge in [0.1, 0.15) is 6.10 Å². The lowest BCUT2D eigenvalue weighted by molar-refractivity contribution is 0.167. The Hall–Kier alpha value is -1.13. The van der Waals surface area contributed by atoms with Crippen molar-refractivity contribution < 1.29 is 9.52 Å². The zero-order valence-corrected chi connectivity index (χ0v) is 10.4. The van der Waals surface area contributed by atoms with Crippen molar-refractivity contribution in [3.63, 3.8) is 0 Å². The second-order valence-corrected chi connectivity index (χ2v) is 4.55. The number of nitrogens with zero attached hydrogens (tertiary/aromatic N) is 1. The van der Waals surface area contributed by atoms with Crippen molar-refractivity contribution in [1.29, 1.82) is 0 Å². The van der Waals surface area contributed by atoms with Crippen molar-refractivity contribution >= 4 is 15.9 Å². The summed E-state index contributed by atoms with van der Waals surface area (Å²) < 4.78 is 6.46.